The number of hydrogen-bond donors (Lipinski definition) is 1. The first kappa shape index (κ1) is 15.0. The van der Waals surface area contributed by atoms with Crippen LogP contribution in [0, 0.1) is 5.82 Å². The maximum Gasteiger partial charge on any atom is 0.417 e. The van der Waals surface area contributed by atoms with Gasteiger partial charge in [0.25, 0.3) is 5.91 Å². The Kier molecular flexibility index (Phi) is 4.21. The number of nitrogens with zero attached hydrogens (tertiary/aromatic N) is 1. The van der Waals surface area contributed by atoms with Crippen LogP contribution in [0.25, 0.3) is 0 Å². The molecule has 21 heavy (non-hydrogen) atoms. The van der Waals surface area contributed by atoms with Gasteiger partial charge in [-0.25, -0.2) is 4.39 Å². The molecule has 1 amide bonds. The van der Waals surface area contributed by atoms with Gasteiger partial charge in [0.15, 0.2) is 0 Å². The van der Waals surface area contributed by atoms with E-state index >= 15 is 0 Å². The Morgan fingerprint density at radius 3 is 2.29 bits per heavy atom. The van der Waals surface area contributed by atoms with Crippen LogP contribution < -0.4 is 5.32 Å². The van der Waals surface area contributed by atoms with Gasteiger partial charge in [-0.15, -0.1) is 0 Å². The van der Waals surface area contributed by atoms with Crippen molar-refractivity contribution in [2.24, 2.45) is 0 Å². The number of pyridine rings is 1. The van der Waals surface area contributed by atoms with Crippen LogP contribution in [0.1, 0.15) is 21.6 Å². The lowest BCUT2D eigenvalue weighted by molar-refractivity contribution is -0.137. The quantitative estimate of drug-likeness (QED) is 0.884. The van der Waals surface area contributed by atoms with Gasteiger partial charge < -0.3 is 5.32 Å². The van der Waals surface area contributed by atoms with Crippen molar-refractivity contribution >= 4 is 5.91 Å². The summed E-state index contributed by atoms with van der Waals surface area (Å²) in [5, 5.41) is 2.49. The molecule has 1 aromatic carbocycles. The van der Waals surface area contributed by atoms with Crippen molar-refractivity contribution in [3.8, 4) is 0 Å². The number of carbonyl (C=O) groups is 1. The smallest absolute Gasteiger partial charge is 0.346 e. The molecular formula is C14H10F4N2O. The van der Waals surface area contributed by atoms with Crippen molar-refractivity contribution in [3.63, 3.8) is 0 Å². The molecule has 110 valence electrons. The van der Waals surface area contributed by atoms with Crippen LogP contribution in [-0.2, 0) is 12.7 Å². The summed E-state index contributed by atoms with van der Waals surface area (Å²) in [6.45, 7) is -0.0195. The van der Waals surface area contributed by atoms with Crippen LogP contribution >= 0.6 is 0 Å². The molecule has 2 aromatic rings. The van der Waals surface area contributed by atoms with E-state index in [0.29, 0.717) is 11.9 Å². The highest BCUT2D eigenvalue weighted by Gasteiger charge is 2.30. The maximum atomic E-state index is 12.7. The number of amides is 1. The molecule has 0 saturated carbocycles. The molecule has 1 aromatic heterocycles. The summed E-state index contributed by atoms with van der Waals surface area (Å²) in [4.78, 5) is 15.3. The first-order valence-electron chi connectivity index (χ1n) is 5.92. The van der Waals surface area contributed by atoms with Crippen molar-refractivity contribution in [1.82, 2.24) is 10.3 Å². The summed E-state index contributed by atoms with van der Waals surface area (Å²) in [7, 11) is 0. The molecule has 0 bridgehead atoms. The zero-order valence-electron chi connectivity index (χ0n) is 10.6. The Labute approximate surface area is 117 Å². The largest absolute Gasteiger partial charge is 0.417 e. The second-order valence-electron chi connectivity index (χ2n) is 4.23. The van der Waals surface area contributed by atoms with Crippen molar-refractivity contribution in [1.29, 1.82) is 0 Å². The topological polar surface area (TPSA) is 42.0 Å². The summed E-state index contributed by atoms with van der Waals surface area (Å²) < 4.78 is 49.7. The number of rotatable bonds is 3. The van der Waals surface area contributed by atoms with Gasteiger partial charge in [-0.05, 0) is 36.4 Å². The molecule has 3 nitrogen and oxygen atoms in total. The average molecular weight is 298 g/mol. The predicted molar refractivity (Wildman–Crippen MR) is 66.8 cm³/mol. The van der Waals surface area contributed by atoms with Crippen LogP contribution in [0.5, 0.6) is 0 Å². The van der Waals surface area contributed by atoms with E-state index in [0.717, 1.165) is 18.2 Å². The molecule has 0 fully saturated rings. The minimum Gasteiger partial charge on any atom is -0.346 e. The van der Waals surface area contributed by atoms with Gasteiger partial charge in [0, 0.05) is 11.8 Å². The van der Waals surface area contributed by atoms with E-state index in [1.807, 2.05) is 0 Å². The normalized spacial score (nSPS) is 11.2. The van der Waals surface area contributed by atoms with E-state index in [1.165, 1.54) is 18.2 Å². The van der Waals surface area contributed by atoms with E-state index in [9.17, 15) is 22.4 Å². The SMILES string of the molecule is O=C(NCc1ccc(C(F)(F)F)cn1)c1ccc(F)cc1. The molecular weight excluding hydrogens is 288 g/mol. The molecule has 1 heterocycles. The lowest BCUT2D eigenvalue weighted by Gasteiger charge is -2.08. The van der Waals surface area contributed by atoms with Crippen LogP contribution in [0.4, 0.5) is 17.6 Å². The van der Waals surface area contributed by atoms with E-state index in [1.54, 1.807) is 0 Å². The molecule has 1 N–H and O–H groups in total. The number of carbonyl (C=O) groups excluding carboxylic acids is 1. The van der Waals surface area contributed by atoms with Gasteiger partial charge in [0.2, 0.25) is 0 Å². The molecule has 0 saturated heterocycles. The first-order chi connectivity index (χ1) is 9.86. The van der Waals surface area contributed by atoms with Crippen molar-refractivity contribution in [2.75, 3.05) is 0 Å². The zero-order valence-corrected chi connectivity index (χ0v) is 10.6. The van der Waals surface area contributed by atoms with E-state index in [-0.39, 0.29) is 12.1 Å². The summed E-state index contributed by atoms with van der Waals surface area (Å²) in [5.41, 5.74) is -0.308. The third-order valence-corrected chi connectivity index (χ3v) is 2.69. The molecule has 0 aliphatic heterocycles. The predicted octanol–water partition coefficient (Wildman–Crippen LogP) is 3.17. The lowest BCUT2D eigenvalue weighted by Crippen LogP contribution is -2.23. The Morgan fingerprint density at radius 2 is 1.76 bits per heavy atom. The number of nitrogens with one attached hydrogen (secondary N) is 1. The summed E-state index contributed by atoms with van der Waals surface area (Å²) in [6.07, 6.45) is -3.73. The van der Waals surface area contributed by atoms with Crippen molar-refractivity contribution < 1.29 is 22.4 Å². The number of aromatic nitrogens is 1. The van der Waals surface area contributed by atoms with Gasteiger partial charge in [-0.2, -0.15) is 13.2 Å². The van der Waals surface area contributed by atoms with Crippen molar-refractivity contribution in [2.45, 2.75) is 12.7 Å². The summed E-state index contributed by atoms with van der Waals surface area (Å²) >= 11 is 0. The maximum absolute atomic E-state index is 12.7. The van der Waals surface area contributed by atoms with Gasteiger partial charge in [0.1, 0.15) is 5.82 Å². The molecule has 0 aliphatic carbocycles. The zero-order chi connectivity index (χ0) is 15.5. The number of halogens is 4. The summed E-state index contributed by atoms with van der Waals surface area (Å²) in [5.74, 6) is -0.923. The van der Waals surface area contributed by atoms with E-state index < -0.39 is 23.5 Å². The number of benzene rings is 1. The standard InChI is InChI=1S/C14H10F4N2O/c15-11-4-1-9(2-5-11)13(21)20-8-12-6-3-10(7-19-12)14(16,17)18/h1-7H,8H2,(H,20,21). The van der Waals surface area contributed by atoms with E-state index in [2.05, 4.69) is 10.3 Å². The monoisotopic (exact) mass is 298 g/mol. The molecule has 0 aliphatic rings. The average Bonchev–Trinajstić information content (AvgIpc) is 2.45. The fourth-order valence-electron chi connectivity index (χ4n) is 1.57. The van der Waals surface area contributed by atoms with Crippen LogP contribution in [-0.4, -0.2) is 10.9 Å². The summed E-state index contributed by atoms with van der Waals surface area (Å²) in [6, 6.07) is 6.99. The molecule has 0 radical (unpaired) electrons. The van der Waals surface area contributed by atoms with Crippen LogP contribution in [0.15, 0.2) is 42.6 Å². The molecule has 0 atom stereocenters. The molecule has 0 spiro atoms. The highest BCUT2D eigenvalue weighted by Crippen LogP contribution is 2.28. The van der Waals surface area contributed by atoms with Gasteiger partial charge >= 0.3 is 6.18 Å². The third kappa shape index (κ3) is 4.01. The minimum absolute atomic E-state index is 0.0195. The van der Waals surface area contributed by atoms with Crippen LogP contribution in [0.3, 0.4) is 0 Å². The first-order valence-corrected chi connectivity index (χ1v) is 5.92. The Balaban J connectivity index is 1.97. The molecule has 2 rings (SSSR count). The fourth-order valence-corrected chi connectivity index (χ4v) is 1.57. The number of alkyl halides is 3. The second kappa shape index (κ2) is 5.90. The van der Waals surface area contributed by atoms with Crippen LogP contribution in [0.2, 0.25) is 0 Å². The highest BCUT2D eigenvalue weighted by molar-refractivity contribution is 5.94. The van der Waals surface area contributed by atoms with Crippen molar-refractivity contribution in [3.05, 3.63) is 65.2 Å². The third-order valence-electron chi connectivity index (χ3n) is 2.69. The Hall–Kier alpha value is -2.44. The minimum atomic E-state index is -4.44. The van der Waals surface area contributed by atoms with Gasteiger partial charge in [0.05, 0.1) is 17.8 Å². The number of hydrogen-bond acceptors (Lipinski definition) is 2. The highest BCUT2D eigenvalue weighted by atomic mass is 19.4. The van der Waals surface area contributed by atoms with Gasteiger partial charge in [-0.1, -0.05) is 0 Å². The molecule has 7 heteroatoms. The van der Waals surface area contributed by atoms with Gasteiger partial charge in [-0.3, -0.25) is 9.78 Å². The Morgan fingerprint density at radius 1 is 1.10 bits per heavy atom. The Bertz CT molecular complexity index is 621. The molecule has 0 unspecified atom stereocenters. The second-order valence-corrected chi connectivity index (χ2v) is 4.23. The fraction of sp³-hybridized carbons (Fsp3) is 0.143. The lowest BCUT2D eigenvalue weighted by atomic mass is 10.2. The van der Waals surface area contributed by atoms with E-state index in [4.69, 9.17) is 0 Å².